The van der Waals surface area contributed by atoms with E-state index in [4.69, 9.17) is 14.2 Å². The largest absolute Gasteiger partial charge is 0.493 e. The van der Waals surface area contributed by atoms with Gasteiger partial charge >= 0.3 is 0 Å². The average molecular weight is 238 g/mol. The van der Waals surface area contributed by atoms with Crippen molar-refractivity contribution in [1.29, 1.82) is 0 Å². The fourth-order valence-electron chi connectivity index (χ4n) is 2.42. The first kappa shape index (κ1) is 12.0. The van der Waals surface area contributed by atoms with Crippen molar-refractivity contribution in [2.75, 3.05) is 21.3 Å². The Hall–Kier alpha value is -1.42. The molecule has 94 valence electrons. The molecule has 1 aromatic carbocycles. The van der Waals surface area contributed by atoms with Crippen molar-refractivity contribution >= 4 is 0 Å². The van der Waals surface area contributed by atoms with E-state index in [1.165, 1.54) is 0 Å². The number of benzene rings is 1. The first-order chi connectivity index (χ1) is 8.22. The summed E-state index contributed by atoms with van der Waals surface area (Å²) < 4.78 is 16.0. The smallest absolute Gasteiger partial charge is 0.203 e. The summed E-state index contributed by atoms with van der Waals surface area (Å²) in [5, 5.41) is 10.0. The first-order valence-electron chi connectivity index (χ1n) is 5.72. The quantitative estimate of drug-likeness (QED) is 0.875. The van der Waals surface area contributed by atoms with E-state index in [1.807, 2.05) is 6.07 Å². The van der Waals surface area contributed by atoms with E-state index < -0.39 is 6.10 Å². The van der Waals surface area contributed by atoms with Gasteiger partial charge in [-0.1, -0.05) is 0 Å². The van der Waals surface area contributed by atoms with Gasteiger partial charge in [-0.05, 0) is 30.9 Å². The van der Waals surface area contributed by atoms with Crippen LogP contribution in [0.1, 0.15) is 30.1 Å². The number of rotatable bonds is 3. The molecule has 0 saturated carbocycles. The molecule has 0 radical (unpaired) electrons. The Kier molecular flexibility index (Phi) is 3.43. The van der Waals surface area contributed by atoms with Crippen LogP contribution in [-0.4, -0.2) is 26.4 Å². The molecule has 0 saturated heterocycles. The lowest BCUT2D eigenvalue weighted by Crippen LogP contribution is -2.12. The molecule has 1 aliphatic carbocycles. The van der Waals surface area contributed by atoms with E-state index >= 15 is 0 Å². The zero-order valence-corrected chi connectivity index (χ0v) is 10.4. The van der Waals surface area contributed by atoms with Gasteiger partial charge in [0.25, 0.3) is 0 Å². The van der Waals surface area contributed by atoms with E-state index in [-0.39, 0.29) is 0 Å². The predicted molar refractivity (Wildman–Crippen MR) is 64.0 cm³/mol. The second-order valence-corrected chi connectivity index (χ2v) is 4.12. The Morgan fingerprint density at radius 2 is 1.82 bits per heavy atom. The number of hydrogen-bond acceptors (Lipinski definition) is 4. The summed E-state index contributed by atoms with van der Waals surface area (Å²) >= 11 is 0. The van der Waals surface area contributed by atoms with Gasteiger partial charge in [-0.25, -0.2) is 0 Å². The Balaban J connectivity index is 2.64. The van der Waals surface area contributed by atoms with Gasteiger partial charge in [0.15, 0.2) is 11.5 Å². The van der Waals surface area contributed by atoms with E-state index in [0.29, 0.717) is 17.2 Å². The molecule has 1 aromatic rings. The van der Waals surface area contributed by atoms with Crippen molar-refractivity contribution in [3.05, 3.63) is 17.2 Å². The molecular formula is C13H18O4. The van der Waals surface area contributed by atoms with E-state index in [2.05, 4.69) is 0 Å². The van der Waals surface area contributed by atoms with Crippen molar-refractivity contribution in [2.24, 2.45) is 0 Å². The molecule has 0 amide bonds. The zero-order valence-electron chi connectivity index (χ0n) is 10.4. The van der Waals surface area contributed by atoms with Crippen molar-refractivity contribution in [1.82, 2.24) is 0 Å². The average Bonchev–Trinajstić information content (AvgIpc) is 2.36. The number of fused-ring (bicyclic) bond motifs is 1. The van der Waals surface area contributed by atoms with Crippen molar-refractivity contribution < 1.29 is 19.3 Å². The summed E-state index contributed by atoms with van der Waals surface area (Å²) in [6.45, 7) is 0. The fourth-order valence-corrected chi connectivity index (χ4v) is 2.42. The Labute approximate surface area is 101 Å². The first-order valence-corrected chi connectivity index (χ1v) is 5.72. The fraction of sp³-hybridized carbons (Fsp3) is 0.538. The van der Waals surface area contributed by atoms with Crippen molar-refractivity contribution in [2.45, 2.75) is 25.4 Å². The minimum atomic E-state index is -0.438. The van der Waals surface area contributed by atoms with Gasteiger partial charge in [-0.2, -0.15) is 0 Å². The highest BCUT2D eigenvalue weighted by atomic mass is 16.5. The molecule has 2 rings (SSSR count). The molecule has 1 N–H and O–H groups in total. The van der Waals surface area contributed by atoms with Crippen LogP contribution < -0.4 is 14.2 Å². The lowest BCUT2D eigenvalue weighted by molar-refractivity contribution is 0.154. The van der Waals surface area contributed by atoms with Crippen LogP contribution in [0, 0.1) is 0 Å². The zero-order chi connectivity index (χ0) is 12.4. The molecule has 1 atom stereocenters. The Morgan fingerprint density at radius 1 is 1.12 bits per heavy atom. The topological polar surface area (TPSA) is 47.9 Å². The van der Waals surface area contributed by atoms with E-state index in [1.54, 1.807) is 21.3 Å². The predicted octanol–water partition coefficient (Wildman–Crippen LogP) is 2.08. The summed E-state index contributed by atoms with van der Waals surface area (Å²) in [4.78, 5) is 0. The highest BCUT2D eigenvalue weighted by Crippen LogP contribution is 2.46. The van der Waals surface area contributed by atoms with Crippen LogP contribution >= 0.6 is 0 Å². The second-order valence-electron chi connectivity index (χ2n) is 4.12. The van der Waals surface area contributed by atoms with Gasteiger partial charge in [0.05, 0.1) is 27.4 Å². The lowest BCUT2D eigenvalue weighted by atomic mass is 9.88. The third kappa shape index (κ3) is 1.93. The summed E-state index contributed by atoms with van der Waals surface area (Å²) in [7, 11) is 4.78. The lowest BCUT2D eigenvalue weighted by Gasteiger charge is -2.25. The minimum absolute atomic E-state index is 0.438. The minimum Gasteiger partial charge on any atom is -0.493 e. The van der Waals surface area contributed by atoms with Gasteiger partial charge in [-0.15, -0.1) is 0 Å². The molecule has 0 fully saturated rings. The molecule has 4 nitrogen and oxygen atoms in total. The van der Waals surface area contributed by atoms with Gasteiger partial charge in [0, 0.05) is 5.56 Å². The number of hydrogen-bond donors (Lipinski definition) is 1. The summed E-state index contributed by atoms with van der Waals surface area (Å²) in [5.74, 6) is 1.88. The van der Waals surface area contributed by atoms with Gasteiger partial charge in [-0.3, -0.25) is 0 Å². The van der Waals surface area contributed by atoms with Crippen LogP contribution in [0.2, 0.25) is 0 Å². The third-order valence-corrected chi connectivity index (χ3v) is 3.23. The van der Waals surface area contributed by atoms with Crippen LogP contribution in [0.15, 0.2) is 6.07 Å². The summed E-state index contributed by atoms with van der Waals surface area (Å²) in [6, 6.07) is 1.85. The molecule has 0 aliphatic heterocycles. The monoisotopic (exact) mass is 238 g/mol. The molecule has 0 bridgehead atoms. The van der Waals surface area contributed by atoms with Gasteiger partial charge in [0.1, 0.15) is 0 Å². The molecule has 1 aliphatic rings. The third-order valence-electron chi connectivity index (χ3n) is 3.23. The molecule has 0 unspecified atom stereocenters. The van der Waals surface area contributed by atoms with Crippen LogP contribution in [0.25, 0.3) is 0 Å². The maximum absolute atomic E-state index is 10.0. The standard InChI is InChI=1S/C13H18O4/c1-15-11-7-9-8(5-4-6-10(9)14)12(16-2)13(11)17-3/h7,10,14H,4-6H2,1-3H3/t10-/m1/s1. The van der Waals surface area contributed by atoms with E-state index in [0.717, 1.165) is 30.4 Å². The number of aliphatic hydroxyl groups is 1. The van der Waals surface area contributed by atoms with Crippen molar-refractivity contribution in [3.63, 3.8) is 0 Å². The molecule has 0 spiro atoms. The number of aliphatic hydroxyl groups excluding tert-OH is 1. The van der Waals surface area contributed by atoms with E-state index in [9.17, 15) is 5.11 Å². The van der Waals surface area contributed by atoms with Crippen LogP contribution in [0.5, 0.6) is 17.2 Å². The van der Waals surface area contributed by atoms with Crippen LogP contribution in [-0.2, 0) is 6.42 Å². The maximum atomic E-state index is 10.0. The molecule has 4 heteroatoms. The highest BCUT2D eigenvalue weighted by Gasteiger charge is 2.26. The maximum Gasteiger partial charge on any atom is 0.203 e. The summed E-state index contributed by atoms with van der Waals surface area (Å²) in [5.41, 5.74) is 1.93. The molecule has 0 aromatic heterocycles. The molecular weight excluding hydrogens is 220 g/mol. The molecule has 0 heterocycles. The number of ether oxygens (including phenoxy) is 3. The van der Waals surface area contributed by atoms with Crippen molar-refractivity contribution in [3.8, 4) is 17.2 Å². The Morgan fingerprint density at radius 3 is 2.41 bits per heavy atom. The Bertz CT molecular complexity index is 414. The molecule has 17 heavy (non-hydrogen) atoms. The number of methoxy groups -OCH3 is 3. The van der Waals surface area contributed by atoms with Gasteiger partial charge < -0.3 is 19.3 Å². The normalized spacial score (nSPS) is 18.5. The van der Waals surface area contributed by atoms with Gasteiger partial charge in [0.2, 0.25) is 5.75 Å². The van der Waals surface area contributed by atoms with Crippen LogP contribution in [0.4, 0.5) is 0 Å². The SMILES string of the molecule is COc1cc2c(c(OC)c1OC)CCC[C@H]2O. The highest BCUT2D eigenvalue weighted by molar-refractivity contribution is 5.60. The summed E-state index contributed by atoms with van der Waals surface area (Å²) in [6.07, 6.45) is 2.20. The second kappa shape index (κ2) is 4.84. The van der Waals surface area contributed by atoms with Crippen LogP contribution in [0.3, 0.4) is 0 Å².